The van der Waals surface area contributed by atoms with Crippen LogP contribution in [-0.2, 0) is 9.47 Å². The molecule has 1 heterocycles. The van der Waals surface area contributed by atoms with E-state index in [1.165, 1.54) is 18.4 Å². The Labute approximate surface area is 116 Å². The maximum atomic E-state index is 11.6. The van der Waals surface area contributed by atoms with Crippen LogP contribution in [-0.4, -0.2) is 29.8 Å². The fourth-order valence-corrected chi connectivity index (χ4v) is 2.03. The SMILES string of the molecule is COC(=O)c1csc(C(C)NC(=O)OC(C)(C)C)n1. The summed E-state index contributed by atoms with van der Waals surface area (Å²) in [5.41, 5.74) is -0.315. The molecule has 0 aromatic carbocycles. The van der Waals surface area contributed by atoms with E-state index in [2.05, 4.69) is 15.0 Å². The van der Waals surface area contributed by atoms with Crippen LogP contribution in [0.1, 0.15) is 49.2 Å². The Hall–Kier alpha value is -1.63. The van der Waals surface area contributed by atoms with Gasteiger partial charge in [0, 0.05) is 5.38 Å². The third-order valence-corrected chi connectivity index (χ3v) is 3.05. The predicted molar refractivity (Wildman–Crippen MR) is 71.2 cm³/mol. The lowest BCUT2D eigenvalue weighted by molar-refractivity contribution is 0.0507. The molecule has 0 aliphatic heterocycles. The van der Waals surface area contributed by atoms with Gasteiger partial charge in [-0.05, 0) is 27.7 Å². The van der Waals surface area contributed by atoms with Gasteiger partial charge in [0.25, 0.3) is 0 Å². The second kappa shape index (κ2) is 6.01. The minimum atomic E-state index is -0.552. The van der Waals surface area contributed by atoms with Gasteiger partial charge in [-0.15, -0.1) is 11.3 Å². The lowest BCUT2D eigenvalue weighted by atomic mass is 10.2. The molecule has 1 amide bonds. The third kappa shape index (κ3) is 4.86. The van der Waals surface area contributed by atoms with E-state index in [0.717, 1.165) is 0 Å². The number of thiazole rings is 1. The van der Waals surface area contributed by atoms with Crippen molar-refractivity contribution in [3.8, 4) is 0 Å². The number of alkyl carbamates (subject to hydrolysis) is 1. The molecule has 1 rings (SSSR count). The molecule has 0 aliphatic carbocycles. The number of amides is 1. The molecule has 0 aliphatic rings. The number of rotatable bonds is 3. The normalized spacial score (nSPS) is 12.7. The van der Waals surface area contributed by atoms with Gasteiger partial charge in [-0.2, -0.15) is 0 Å². The standard InChI is InChI=1S/C12H18N2O4S/c1-7(13-11(16)18-12(2,3)4)9-14-8(6-19-9)10(15)17-5/h6-7H,1-5H3,(H,13,16). The molecular formula is C12H18N2O4S. The van der Waals surface area contributed by atoms with Gasteiger partial charge >= 0.3 is 12.1 Å². The average molecular weight is 286 g/mol. The van der Waals surface area contributed by atoms with Crippen molar-refractivity contribution in [1.82, 2.24) is 10.3 Å². The van der Waals surface area contributed by atoms with Crippen molar-refractivity contribution in [2.75, 3.05) is 7.11 Å². The summed E-state index contributed by atoms with van der Waals surface area (Å²) in [6.45, 7) is 7.13. The van der Waals surface area contributed by atoms with Crippen LogP contribution >= 0.6 is 11.3 Å². The van der Waals surface area contributed by atoms with Crippen LogP contribution < -0.4 is 5.32 Å². The lowest BCUT2D eigenvalue weighted by Crippen LogP contribution is -2.34. The van der Waals surface area contributed by atoms with E-state index in [0.29, 0.717) is 5.01 Å². The van der Waals surface area contributed by atoms with E-state index in [1.807, 2.05) is 0 Å². The number of carbonyl (C=O) groups excluding carboxylic acids is 2. The lowest BCUT2D eigenvalue weighted by Gasteiger charge is -2.21. The summed E-state index contributed by atoms with van der Waals surface area (Å²) in [5, 5.41) is 4.87. The number of nitrogens with zero attached hydrogens (tertiary/aromatic N) is 1. The maximum Gasteiger partial charge on any atom is 0.408 e. The van der Waals surface area contributed by atoms with Gasteiger partial charge in [-0.3, -0.25) is 0 Å². The summed E-state index contributed by atoms with van der Waals surface area (Å²) in [6, 6.07) is -0.335. The molecule has 1 aromatic rings. The van der Waals surface area contributed by atoms with Gasteiger partial charge in [0.15, 0.2) is 5.69 Å². The zero-order valence-electron chi connectivity index (χ0n) is 11.6. The zero-order valence-corrected chi connectivity index (χ0v) is 12.5. The minimum absolute atomic E-state index is 0.236. The van der Waals surface area contributed by atoms with E-state index < -0.39 is 17.7 Å². The Kier molecular flexibility index (Phi) is 4.88. The highest BCUT2D eigenvalue weighted by Crippen LogP contribution is 2.19. The first-order valence-electron chi connectivity index (χ1n) is 5.76. The Balaban J connectivity index is 2.63. The Morgan fingerprint density at radius 2 is 2.05 bits per heavy atom. The Morgan fingerprint density at radius 3 is 2.58 bits per heavy atom. The number of esters is 1. The average Bonchev–Trinajstić information content (AvgIpc) is 2.74. The number of methoxy groups -OCH3 is 1. The van der Waals surface area contributed by atoms with E-state index >= 15 is 0 Å². The molecule has 0 saturated carbocycles. The zero-order chi connectivity index (χ0) is 14.6. The summed E-state index contributed by atoms with van der Waals surface area (Å²) in [5.74, 6) is -0.494. The van der Waals surface area contributed by atoms with Gasteiger partial charge in [0.1, 0.15) is 10.6 Å². The number of aromatic nitrogens is 1. The molecule has 0 saturated heterocycles. The highest BCUT2D eigenvalue weighted by molar-refractivity contribution is 7.09. The molecule has 6 nitrogen and oxygen atoms in total. The first kappa shape index (κ1) is 15.4. The molecule has 1 N–H and O–H groups in total. The van der Waals surface area contributed by atoms with Crippen LogP contribution in [0.25, 0.3) is 0 Å². The summed E-state index contributed by atoms with van der Waals surface area (Å²) in [7, 11) is 1.30. The van der Waals surface area contributed by atoms with Crippen molar-refractivity contribution < 1.29 is 19.1 Å². The number of nitrogens with one attached hydrogen (secondary N) is 1. The number of hydrogen-bond acceptors (Lipinski definition) is 6. The molecule has 7 heteroatoms. The summed E-state index contributed by atoms with van der Waals surface area (Å²) in [6.07, 6.45) is -0.519. The third-order valence-electron chi connectivity index (χ3n) is 2.02. The molecule has 0 fully saturated rings. The van der Waals surface area contributed by atoms with Crippen LogP contribution in [0.5, 0.6) is 0 Å². The molecule has 1 aromatic heterocycles. The summed E-state index contributed by atoms with van der Waals surface area (Å²) < 4.78 is 9.71. The van der Waals surface area contributed by atoms with Gasteiger partial charge in [0.05, 0.1) is 13.2 Å². The van der Waals surface area contributed by atoms with Crippen molar-refractivity contribution in [1.29, 1.82) is 0 Å². The fourth-order valence-electron chi connectivity index (χ4n) is 1.23. The summed E-state index contributed by atoms with van der Waals surface area (Å²) >= 11 is 1.28. The highest BCUT2D eigenvalue weighted by Gasteiger charge is 2.20. The fraction of sp³-hybridized carbons (Fsp3) is 0.583. The molecular weight excluding hydrogens is 268 g/mol. The maximum absolute atomic E-state index is 11.6. The minimum Gasteiger partial charge on any atom is -0.464 e. The van der Waals surface area contributed by atoms with E-state index in [1.54, 1.807) is 33.1 Å². The van der Waals surface area contributed by atoms with E-state index in [9.17, 15) is 9.59 Å². The largest absolute Gasteiger partial charge is 0.464 e. The molecule has 1 atom stereocenters. The van der Waals surface area contributed by atoms with Gasteiger partial charge in [-0.1, -0.05) is 0 Å². The predicted octanol–water partition coefficient (Wildman–Crippen LogP) is 2.52. The first-order valence-corrected chi connectivity index (χ1v) is 6.64. The molecule has 0 radical (unpaired) electrons. The molecule has 1 unspecified atom stereocenters. The monoisotopic (exact) mass is 286 g/mol. The van der Waals surface area contributed by atoms with Crippen LogP contribution in [0.3, 0.4) is 0 Å². The van der Waals surface area contributed by atoms with Crippen molar-refractivity contribution in [3.63, 3.8) is 0 Å². The van der Waals surface area contributed by atoms with Crippen LogP contribution in [0.4, 0.5) is 4.79 Å². The van der Waals surface area contributed by atoms with E-state index in [-0.39, 0.29) is 11.7 Å². The van der Waals surface area contributed by atoms with Crippen molar-refractivity contribution in [2.24, 2.45) is 0 Å². The topological polar surface area (TPSA) is 77.5 Å². The van der Waals surface area contributed by atoms with Crippen molar-refractivity contribution in [3.05, 3.63) is 16.1 Å². The van der Waals surface area contributed by atoms with Crippen molar-refractivity contribution in [2.45, 2.75) is 39.3 Å². The summed E-state index contributed by atoms with van der Waals surface area (Å²) in [4.78, 5) is 27.0. The Bertz CT molecular complexity index is 465. The van der Waals surface area contributed by atoms with Gasteiger partial charge in [0.2, 0.25) is 0 Å². The number of carbonyl (C=O) groups is 2. The smallest absolute Gasteiger partial charge is 0.408 e. The Morgan fingerprint density at radius 1 is 1.42 bits per heavy atom. The molecule has 106 valence electrons. The van der Waals surface area contributed by atoms with Gasteiger partial charge < -0.3 is 14.8 Å². The first-order chi connectivity index (χ1) is 8.73. The van der Waals surface area contributed by atoms with Crippen LogP contribution in [0, 0.1) is 0 Å². The van der Waals surface area contributed by atoms with Crippen LogP contribution in [0.15, 0.2) is 5.38 Å². The second-order valence-electron chi connectivity index (χ2n) is 4.93. The second-order valence-corrected chi connectivity index (χ2v) is 5.82. The molecule has 0 bridgehead atoms. The quantitative estimate of drug-likeness (QED) is 0.864. The van der Waals surface area contributed by atoms with Gasteiger partial charge in [-0.25, -0.2) is 14.6 Å². The number of ether oxygens (including phenoxy) is 2. The molecule has 19 heavy (non-hydrogen) atoms. The molecule has 0 spiro atoms. The van der Waals surface area contributed by atoms with Crippen molar-refractivity contribution >= 4 is 23.4 Å². The van der Waals surface area contributed by atoms with Crippen LogP contribution in [0.2, 0.25) is 0 Å². The van der Waals surface area contributed by atoms with E-state index in [4.69, 9.17) is 4.74 Å². The number of hydrogen-bond donors (Lipinski definition) is 1. The highest BCUT2D eigenvalue weighted by atomic mass is 32.1.